The Kier molecular flexibility index (Phi) is 6.77. The average molecular weight is 345 g/mol. The summed E-state index contributed by atoms with van der Waals surface area (Å²) >= 11 is 0. The molecule has 1 heterocycles. The van der Waals surface area contributed by atoms with Crippen LogP contribution in [0.3, 0.4) is 0 Å². The van der Waals surface area contributed by atoms with Crippen molar-refractivity contribution in [3.05, 3.63) is 47.7 Å². The van der Waals surface area contributed by atoms with Gasteiger partial charge in [-0.1, -0.05) is 31.9 Å². The Morgan fingerprint density at radius 2 is 1.92 bits per heavy atom. The number of carboxylic acids is 1. The molecule has 0 amide bonds. The minimum Gasteiger partial charge on any atom is -0.480 e. The Bertz CT molecular complexity index is 705. The van der Waals surface area contributed by atoms with Crippen LogP contribution in [0.15, 0.2) is 40.8 Å². The fourth-order valence-electron chi connectivity index (χ4n) is 2.46. The Labute approximate surface area is 146 Å². The molecule has 1 aromatic carbocycles. The maximum Gasteiger partial charge on any atom is 0.337 e. The standard InChI is InChI=1S/C19H23NO5/c1-3-4-5-16(18(21)22)20-12-15-10-11-17(25-15)13-6-8-14(9-7-13)19(23)24-2/h6-11,16,20H,3-5,12H2,1-2H3,(H,21,22)/t16-/m0/s1. The molecule has 6 nitrogen and oxygen atoms in total. The van der Waals surface area contributed by atoms with E-state index in [1.807, 2.05) is 19.1 Å². The molecule has 0 saturated carbocycles. The van der Waals surface area contributed by atoms with Crippen molar-refractivity contribution >= 4 is 11.9 Å². The maximum absolute atomic E-state index is 11.4. The first-order valence-electron chi connectivity index (χ1n) is 8.28. The van der Waals surface area contributed by atoms with E-state index in [1.165, 1.54) is 7.11 Å². The van der Waals surface area contributed by atoms with E-state index in [2.05, 4.69) is 10.1 Å². The molecule has 0 bridgehead atoms. The van der Waals surface area contributed by atoms with Crippen LogP contribution in [0, 0.1) is 0 Å². The number of furan rings is 1. The lowest BCUT2D eigenvalue weighted by Gasteiger charge is -2.12. The van der Waals surface area contributed by atoms with Crippen molar-refractivity contribution in [2.45, 2.75) is 38.8 Å². The number of esters is 1. The van der Waals surface area contributed by atoms with Crippen molar-refractivity contribution < 1.29 is 23.8 Å². The Balaban J connectivity index is 1.99. The zero-order valence-electron chi connectivity index (χ0n) is 14.5. The number of carboxylic acid groups (broad SMARTS) is 1. The quantitative estimate of drug-likeness (QED) is 0.677. The largest absolute Gasteiger partial charge is 0.480 e. The van der Waals surface area contributed by atoms with Crippen molar-refractivity contribution in [1.82, 2.24) is 5.32 Å². The van der Waals surface area contributed by atoms with E-state index in [1.54, 1.807) is 24.3 Å². The van der Waals surface area contributed by atoms with Gasteiger partial charge < -0.3 is 14.3 Å². The normalized spacial score (nSPS) is 11.9. The summed E-state index contributed by atoms with van der Waals surface area (Å²) in [5.41, 5.74) is 1.31. The lowest BCUT2D eigenvalue weighted by atomic mass is 10.1. The monoisotopic (exact) mass is 345 g/mol. The highest BCUT2D eigenvalue weighted by Gasteiger charge is 2.16. The van der Waals surface area contributed by atoms with Crippen LogP contribution >= 0.6 is 0 Å². The first-order chi connectivity index (χ1) is 12.0. The summed E-state index contributed by atoms with van der Waals surface area (Å²) in [4.78, 5) is 22.7. The first-order valence-corrected chi connectivity index (χ1v) is 8.28. The molecule has 134 valence electrons. The highest BCUT2D eigenvalue weighted by Crippen LogP contribution is 2.23. The van der Waals surface area contributed by atoms with Crippen LogP contribution < -0.4 is 5.32 Å². The van der Waals surface area contributed by atoms with E-state index in [0.29, 0.717) is 30.0 Å². The molecule has 2 N–H and O–H groups in total. The second-order valence-electron chi connectivity index (χ2n) is 5.75. The van der Waals surface area contributed by atoms with Crippen LogP contribution in [0.1, 0.15) is 42.3 Å². The van der Waals surface area contributed by atoms with E-state index in [4.69, 9.17) is 4.42 Å². The van der Waals surface area contributed by atoms with Gasteiger partial charge in [0.25, 0.3) is 0 Å². The molecule has 0 aliphatic rings. The molecule has 1 atom stereocenters. The van der Waals surface area contributed by atoms with E-state index < -0.39 is 12.0 Å². The molecule has 1 aromatic heterocycles. The zero-order chi connectivity index (χ0) is 18.2. The third kappa shape index (κ3) is 5.19. The molecule has 0 saturated heterocycles. The molecule has 25 heavy (non-hydrogen) atoms. The molecule has 6 heteroatoms. The van der Waals surface area contributed by atoms with Crippen LogP contribution in [0.2, 0.25) is 0 Å². The van der Waals surface area contributed by atoms with Gasteiger partial charge in [-0.05, 0) is 30.7 Å². The molecule has 0 aliphatic carbocycles. The van der Waals surface area contributed by atoms with Crippen molar-refractivity contribution in [2.24, 2.45) is 0 Å². The van der Waals surface area contributed by atoms with Crippen LogP contribution in [-0.2, 0) is 16.1 Å². The van der Waals surface area contributed by atoms with Gasteiger partial charge in [-0.15, -0.1) is 0 Å². The van der Waals surface area contributed by atoms with E-state index in [9.17, 15) is 14.7 Å². The molecular formula is C19H23NO5. The molecular weight excluding hydrogens is 322 g/mol. The lowest BCUT2D eigenvalue weighted by Crippen LogP contribution is -2.36. The number of nitrogens with one attached hydrogen (secondary N) is 1. The van der Waals surface area contributed by atoms with E-state index >= 15 is 0 Å². The summed E-state index contributed by atoms with van der Waals surface area (Å²) in [5, 5.41) is 12.2. The number of methoxy groups -OCH3 is 1. The first kappa shape index (κ1) is 18.7. The predicted molar refractivity (Wildman–Crippen MR) is 93.3 cm³/mol. The Hall–Kier alpha value is -2.60. The minimum absolute atomic E-state index is 0.348. The SMILES string of the molecule is CCCC[C@H](NCc1ccc(-c2ccc(C(=O)OC)cc2)o1)C(=O)O. The Morgan fingerprint density at radius 3 is 2.52 bits per heavy atom. The van der Waals surface area contributed by atoms with Gasteiger partial charge in [0.15, 0.2) is 0 Å². The van der Waals surface area contributed by atoms with Gasteiger partial charge in [0.05, 0.1) is 19.2 Å². The summed E-state index contributed by atoms with van der Waals surface area (Å²) in [6.07, 6.45) is 2.41. The van der Waals surface area contributed by atoms with Crippen LogP contribution in [0.4, 0.5) is 0 Å². The van der Waals surface area contributed by atoms with Crippen molar-refractivity contribution in [2.75, 3.05) is 7.11 Å². The second kappa shape index (κ2) is 9.03. The van der Waals surface area contributed by atoms with Gasteiger partial charge in [0.1, 0.15) is 17.6 Å². The number of benzene rings is 1. The number of ether oxygens (including phenoxy) is 1. The molecule has 0 spiro atoms. The Morgan fingerprint density at radius 1 is 1.20 bits per heavy atom. The van der Waals surface area contributed by atoms with E-state index in [-0.39, 0.29) is 5.97 Å². The third-order valence-electron chi connectivity index (χ3n) is 3.92. The lowest BCUT2D eigenvalue weighted by molar-refractivity contribution is -0.139. The fraction of sp³-hybridized carbons (Fsp3) is 0.368. The summed E-state index contributed by atoms with van der Waals surface area (Å²) in [7, 11) is 1.34. The highest BCUT2D eigenvalue weighted by molar-refractivity contribution is 5.89. The summed E-state index contributed by atoms with van der Waals surface area (Å²) in [5.74, 6) is 0.0877. The zero-order valence-corrected chi connectivity index (χ0v) is 14.5. The van der Waals surface area contributed by atoms with Gasteiger partial charge in [0.2, 0.25) is 0 Å². The molecule has 0 unspecified atom stereocenters. The molecule has 0 aliphatic heterocycles. The maximum atomic E-state index is 11.4. The van der Waals surface area contributed by atoms with Gasteiger partial charge in [-0.25, -0.2) is 4.79 Å². The number of hydrogen-bond acceptors (Lipinski definition) is 5. The van der Waals surface area contributed by atoms with Crippen molar-refractivity contribution in [3.8, 4) is 11.3 Å². The van der Waals surface area contributed by atoms with Gasteiger partial charge >= 0.3 is 11.9 Å². The number of unbranched alkanes of at least 4 members (excludes halogenated alkanes) is 1. The van der Waals surface area contributed by atoms with Crippen molar-refractivity contribution in [1.29, 1.82) is 0 Å². The smallest absolute Gasteiger partial charge is 0.337 e. The number of aliphatic carboxylic acids is 1. The summed E-state index contributed by atoms with van der Waals surface area (Å²) in [6, 6.07) is 9.97. The number of carbonyl (C=O) groups is 2. The number of hydrogen-bond donors (Lipinski definition) is 2. The number of rotatable bonds is 9. The summed E-state index contributed by atoms with van der Waals surface area (Å²) < 4.78 is 10.4. The van der Waals surface area contributed by atoms with Gasteiger partial charge in [-0.2, -0.15) is 0 Å². The second-order valence-corrected chi connectivity index (χ2v) is 5.75. The van der Waals surface area contributed by atoms with Crippen LogP contribution in [0.5, 0.6) is 0 Å². The molecule has 0 radical (unpaired) electrons. The van der Waals surface area contributed by atoms with Crippen molar-refractivity contribution in [3.63, 3.8) is 0 Å². The summed E-state index contributed by atoms with van der Waals surface area (Å²) in [6.45, 7) is 2.38. The minimum atomic E-state index is -0.848. The molecule has 2 aromatic rings. The third-order valence-corrected chi connectivity index (χ3v) is 3.92. The van der Waals surface area contributed by atoms with Crippen LogP contribution in [0.25, 0.3) is 11.3 Å². The highest BCUT2D eigenvalue weighted by atomic mass is 16.5. The predicted octanol–water partition coefficient (Wildman–Crippen LogP) is 3.47. The van der Waals surface area contributed by atoms with Crippen LogP contribution in [-0.4, -0.2) is 30.2 Å². The van der Waals surface area contributed by atoms with E-state index in [0.717, 1.165) is 18.4 Å². The number of carbonyl (C=O) groups excluding carboxylic acids is 1. The fourth-order valence-corrected chi connectivity index (χ4v) is 2.46. The van der Waals surface area contributed by atoms with Gasteiger partial charge in [0, 0.05) is 5.56 Å². The average Bonchev–Trinajstić information content (AvgIpc) is 3.10. The molecule has 0 fully saturated rings. The molecule has 2 rings (SSSR count). The topological polar surface area (TPSA) is 88.8 Å². The van der Waals surface area contributed by atoms with Gasteiger partial charge in [-0.3, -0.25) is 10.1 Å².